The Hall–Kier alpha value is -1.26. The van der Waals surface area contributed by atoms with E-state index in [-0.39, 0.29) is 23.9 Å². The largest absolute Gasteiger partial charge is 0.504 e. The Morgan fingerprint density at radius 1 is 1.56 bits per heavy atom. The summed E-state index contributed by atoms with van der Waals surface area (Å²) in [5.41, 5.74) is 0.0479. The summed E-state index contributed by atoms with van der Waals surface area (Å²) >= 11 is 0. The highest BCUT2D eigenvalue weighted by atomic mass is 35.5. The summed E-state index contributed by atoms with van der Waals surface area (Å²) in [4.78, 5) is 10.5. The third-order valence-corrected chi connectivity index (χ3v) is 2.56. The number of halogens is 1. The van der Waals surface area contributed by atoms with E-state index in [9.17, 15) is 9.90 Å². The topological polar surface area (TPSA) is 58.6 Å². The lowest BCUT2D eigenvalue weighted by molar-refractivity contribution is -0.0124. The van der Waals surface area contributed by atoms with Crippen molar-refractivity contribution in [3.8, 4) is 11.5 Å². The molecule has 0 unspecified atom stereocenters. The van der Waals surface area contributed by atoms with Gasteiger partial charge in [-0.1, -0.05) is 0 Å². The van der Waals surface area contributed by atoms with Crippen molar-refractivity contribution in [3.05, 3.63) is 23.8 Å². The van der Waals surface area contributed by atoms with Crippen molar-refractivity contribution in [2.45, 2.75) is 19.1 Å². The minimum Gasteiger partial charge on any atom is -0.504 e. The van der Waals surface area contributed by atoms with Crippen LogP contribution in [-0.2, 0) is 0 Å². The number of phenolic OH excluding ortho intramolecular Hbond substituents is 1. The Balaban J connectivity index is 0.00000128. The van der Waals surface area contributed by atoms with Gasteiger partial charge < -0.3 is 9.84 Å². The molecular formula is C11H14ClNO3. The molecule has 0 radical (unpaired) electrons. The Kier molecular flexibility index (Phi) is 3.78. The maximum atomic E-state index is 10.5. The lowest BCUT2D eigenvalue weighted by Gasteiger charge is -2.39. The van der Waals surface area contributed by atoms with Crippen LogP contribution in [0.3, 0.4) is 0 Å². The van der Waals surface area contributed by atoms with Gasteiger partial charge in [0.15, 0.2) is 17.2 Å². The van der Waals surface area contributed by atoms with Gasteiger partial charge in [-0.25, -0.2) is 0 Å². The molecule has 2 N–H and O–H groups in total. The Morgan fingerprint density at radius 3 is 2.69 bits per heavy atom. The number of nitrogens with one attached hydrogen (secondary N) is 1. The van der Waals surface area contributed by atoms with Gasteiger partial charge in [-0.2, -0.15) is 0 Å². The first-order valence-electron chi connectivity index (χ1n) is 4.85. The van der Waals surface area contributed by atoms with Crippen LogP contribution < -0.4 is 10.1 Å². The minimum absolute atomic E-state index is 0. The molecule has 0 spiro atoms. The van der Waals surface area contributed by atoms with Crippen molar-refractivity contribution in [3.63, 3.8) is 0 Å². The van der Waals surface area contributed by atoms with E-state index in [0.717, 1.165) is 13.0 Å². The molecule has 4 nitrogen and oxygen atoms in total. The summed E-state index contributed by atoms with van der Waals surface area (Å²) in [6.07, 6.45) is 1.59. The van der Waals surface area contributed by atoms with Crippen LogP contribution in [-0.4, -0.2) is 23.7 Å². The van der Waals surface area contributed by atoms with Gasteiger partial charge in [-0.05, 0) is 25.1 Å². The van der Waals surface area contributed by atoms with Crippen molar-refractivity contribution < 1.29 is 14.6 Å². The molecule has 5 heteroatoms. The number of benzene rings is 1. The predicted octanol–water partition coefficient (Wildman–Crippen LogP) is 1.71. The molecule has 1 fully saturated rings. The highest BCUT2D eigenvalue weighted by Crippen LogP contribution is 2.31. The van der Waals surface area contributed by atoms with Crippen LogP contribution in [0.4, 0.5) is 0 Å². The molecule has 1 aromatic rings. The first-order valence-corrected chi connectivity index (χ1v) is 4.85. The van der Waals surface area contributed by atoms with E-state index in [0.29, 0.717) is 17.6 Å². The van der Waals surface area contributed by atoms with E-state index >= 15 is 0 Å². The predicted molar refractivity (Wildman–Crippen MR) is 62.4 cm³/mol. The Bertz CT molecular complexity index is 391. The summed E-state index contributed by atoms with van der Waals surface area (Å²) < 4.78 is 5.59. The number of ether oxygens (including phenoxy) is 1. The Labute approximate surface area is 100 Å². The number of hydrogen-bond acceptors (Lipinski definition) is 4. The summed E-state index contributed by atoms with van der Waals surface area (Å²) in [5, 5.41) is 12.7. The molecule has 0 aromatic heterocycles. The first kappa shape index (κ1) is 12.8. The van der Waals surface area contributed by atoms with Gasteiger partial charge in [0.05, 0.1) is 0 Å². The average Bonchev–Trinajstić information content (AvgIpc) is 2.18. The zero-order chi connectivity index (χ0) is 10.9. The molecule has 0 amide bonds. The van der Waals surface area contributed by atoms with Gasteiger partial charge in [0, 0.05) is 18.5 Å². The van der Waals surface area contributed by atoms with Gasteiger partial charge in [-0.3, -0.25) is 10.1 Å². The molecule has 1 atom stereocenters. The van der Waals surface area contributed by atoms with Gasteiger partial charge in [-0.15, -0.1) is 12.4 Å². The summed E-state index contributed by atoms with van der Waals surface area (Å²) in [7, 11) is 0. The zero-order valence-corrected chi connectivity index (χ0v) is 9.71. The van der Waals surface area contributed by atoms with Gasteiger partial charge in [0.25, 0.3) is 0 Å². The van der Waals surface area contributed by atoms with Crippen LogP contribution in [0.25, 0.3) is 0 Å². The lowest BCUT2D eigenvalue weighted by atomic mass is 10.0. The average molecular weight is 244 g/mol. The summed E-state index contributed by atoms with van der Waals surface area (Å²) in [6, 6.07) is 4.61. The highest BCUT2D eigenvalue weighted by molar-refractivity contribution is 5.85. The molecule has 0 bridgehead atoms. The van der Waals surface area contributed by atoms with E-state index < -0.39 is 0 Å². The number of carbonyl (C=O) groups excluding carboxylic acids is 1. The zero-order valence-electron chi connectivity index (χ0n) is 8.90. The second-order valence-electron chi connectivity index (χ2n) is 3.85. The van der Waals surface area contributed by atoms with Crippen LogP contribution in [0.2, 0.25) is 0 Å². The van der Waals surface area contributed by atoms with E-state index in [1.807, 2.05) is 6.92 Å². The minimum atomic E-state index is -0.389. The summed E-state index contributed by atoms with van der Waals surface area (Å²) in [6.45, 7) is 2.84. The first-order chi connectivity index (χ1) is 7.13. The molecule has 16 heavy (non-hydrogen) atoms. The van der Waals surface area contributed by atoms with Gasteiger partial charge in [0.2, 0.25) is 0 Å². The van der Waals surface area contributed by atoms with Crippen LogP contribution in [0, 0.1) is 0 Å². The van der Waals surface area contributed by atoms with E-state index in [1.54, 1.807) is 12.1 Å². The van der Waals surface area contributed by atoms with Crippen LogP contribution in [0.15, 0.2) is 18.2 Å². The van der Waals surface area contributed by atoms with Gasteiger partial charge in [0.1, 0.15) is 6.29 Å². The van der Waals surface area contributed by atoms with Crippen molar-refractivity contribution in [2.24, 2.45) is 0 Å². The highest BCUT2D eigenvalue weighted by Gasteiger charge is 2.33. The quantitative estimate of drug-likeness (QED) is 0.794. The standard InChI is InChI=1S/C11H13NO3.ClH/c1-11(4-5-12-11)15-10-3-2-8(7-13)6-9(10)14;/h2-3,6-7,12,14H,4-5H2,1H3;1H/t11-;/m1./s1. The fourth-order valence-electron chi connectivity index (χ4n) is 1.50. The van der Waals surface area contributed by atoms with E-state index in [1.165, 1.54) is 6.07 Å². The maximum absolute atomic E-state index is 10.5. The fraction of sp³-hybridized carbons (Fsp3) is 0.364. The van der Waals surface area contributed by atoms with Crippen LogP contribution >= 0.6 is 12.4 Å². The third kappa shape index (κ3) is 2.46. The van der Waals surface area contributed by atoms with Crippen LogP contribution in [0.5, 0.6) is 11.5 Å². The second kappa shape index (κ2) is 4.72. The molecule has 2 rings (SSSR count). The monoisotopic (exact) mass is 243 g/mol. The van der Waals surface area contributed by atoms with Crippen LogP contribution in [0.1, 0.15) is 23.7 Å². The molecule has 1 aliphatic heterocycles. The van der Waals surface area contributed by atoms with Crippen molar-refractivity contribution in [2.75, 3.05) is 6.54 Å². The molecule has 1 heterocycles. The molecule has 0 aliphatic carbocycles. The molecular weight excluding hydrogens is 230 g/mol. The normalized spacial score (nSPS) is 22.8. The number of aldehydes is 1. The SMILES string of the molecule is C[C@@]1(Oc2ccc(C=O)cc2O)CCN1.Cl. The second-order valence-corrected chi connectivity index (χ2v) is 3.85. The number of aromatic hydroxyl groups is 1. The number of rotatable bonds is 3. The fourth-order valence-corrected chi connectivity index (χ4v) is 1.50. The molecule has 88 valence electrons. The molecule has 0 saturated carbocycles. The van der Waals surface area contributed by atoms with E-state index in [2.05, 4.69) is 5.32 Å². The van der Waals surface area contributed by atoms with E-state index in [4.69, 9.17) is 4.74 Å². The van der Waals surface area contributed by atoms with Crippen molar-refractivity contribution in [1.29, 1.82) is 0 Å². The van der Waals surface area contributed by atoms with Crippen molar-refractivity contribution >= 4 is 18.7 Å². The number of hydrogen-bond donors (Lipinski definition) is 2. The summed E-state index contributed by atoms with van der Waals surface area (Å²) in [5.74, 6) is 0.393. The Morgan fingerprint density at radius 2 is 2.25 bits per heavy atom. The number of carbonyl (C=O) groups is 1. The third-order valence-electron chi connectivity index (χ3n) is 2.56. The maximum Gasteiger partial charge on any atom is 0.163 e. The number of phenols is 1. The lowest BCUT2D eigenvalue weighted by Crippen LogP contribution is -2.58. The molecule has 1 saturated heterocycles. The van der Waals surface area contributed by atoms with Gasteiger partial charge >= 0.3 is 0 Å². The smallest absolute Gasteiger partial charge is 0.163 e. The molecule has 1 aliphatic rings. The van der Waals surface area contributed by atoms with Crippen molar-refractivity contribution in [1.82, 2.24) is 5.32 Å². The molecule has 1 aromatic carbocycles.